The fourth-order valence-corrected chi connectivity index (χ4v) is 7.75. The number of carbonyl (C=O) groups excluding carboxylic acids is 4. The molecule has 2 aliphatic rings. The Morgan fingerprint density at radius 1 is 0.698 bits per heavy atom. The zero-order chi connectivity index (χ0) is 45.5. The second kappa shape index (κ2) is 19.8. The lowest BCUT2D eigenvalue weighted by molar-refractivity contribution is 0.0599. The SMILES string of the molecule is COC(=O)Cl.COC(=O)Nc1ccccc1C(=O)N1CCCC[C@H]1c1cc2nc(C)c(C)c(=O)n2[nH]1.Cc1nc2cc([C@@H]3CCCCN3C(=O)c3ccccc3N)[nH]n2c(=O)c1C. The summed E-state index contributed by atoms with van der Waals surface area (Å²) in [5, 5.41) is 8.93. The predicted molar refractivity (Wildman–Crippen MR) is 237 cm³/mol. The lowest BCUT2D eigenvalue weighted by Gasteiger charge is -2.35. The summed E-state index contributed by atoms with van der Waals surface area (Å²) in [6.07, 6.45) is 4.77. The average molecular weight is 883 g/mol. The van der Waals surface area contributed by atoms with E-state index in [2.05, 4.69) is 46.6 Å². The lowest BCUT2D eigenvalue weighted by Crippen LogP contribution is -2.39. The zero-order valence-corrected chi connectivity index (χ0v) is 36.7. The van der Waals surface area contributed by atoms with Crippen molar-refractivity contribution in [3.8, 4) is 0 Å². The first-order valence-corrected chi connectivity index (χ1v) is 20.8. The molecule has 0 radical (unpaired) electrons. The number of methoxy groups -OCH3 is 2. The number of aromatic amines is 2. The maximum atomic E-state index is 13.5. The highest BCUT2D eigenvalue weighted by Crippen LogP contribution is 2.34. The molecule has 19 heteroatoms. The first-order chi connectivity index (χ1) is 30.1. The number of amides is 3. The summed E-state index contributed by atoms with van der Waals surface area (Å²) < 4.78 is 11.4. The minimum Gasteiger partial charge on any atom is -0.457 e. The van der Waals surface area contributed by atoms with E-state index in [4.69, 9.17) is 5.73 Å². The van der Waals surface area contributed by atoms with Gasteiger partial charge in [-0.25, -0.2) is 28.6 Å². The maximum absolute atomic E-state index is 13.5. The number of aromatic nitrogens is 6. The molecular formula is C44H51ClN10O8. The van der Waals surface area contributed by atoms with Gasteiger partial charge in [-0.2, -0.15) is 0 Å². The number of piperidine rings is 2. The van der Waals surface area contributed by atoms with Gasteiger partial charge in [-0.15, -0.1) is 0 Å². The Kier molecular flexibility index (Phi) is 14.3. The van der Waals surface area contributed by atoms with Crippen LogP contribution in [0.1, 0.15) is 105 Å². The van der Waals surface area contributed by atoms with Crippen molar-refractivity contribution in [2.24, 2.45) is 0 Å². The van der Waals surface area contributed by atoms with Crippen LogP contribution in [0.15, 0.2) is 70.3 Å². The van der Waals surface area contributed by atoms with Crippen LogP contribution >= 0.6 is 11.6 Å². The fraction of sp³-hybridized carbons (Fsp3) is 0.364. The van der Waals surface area contributed by atoms with Crippen LogP contribution in [0.3, 0.4) is 0 Å². The Labute approximate surface area is 367 Å². The summed E-state index contributed by atoms with van der Waals surface area (Å²) in [7, 11) is 2.49. The number of carbonyl (C=O) groups is 4. The number of rotatable bonds is 5. The number of halogens is 1. The van der Waals surface area contributed by atoms with Crippen molar-refractivity contribution in [1.29, 1.82) is 0 Å². The van der Waals surface area contributed by atoms with Gasteiger partial charge in [0.1, 0.15) is 0 Å². The molecular weight excluding hydrogens is 832 g/mol. The minimum absolute atomic E-state index is 0.0795. The van der Waals surface area contributed by atoms with Crippen molar-refractivity contribution in [1.82, 2.24) is 39.0 Å². The minimum atomic E-state index is -0.773. The van der Waals surface area contributed by atoms with Crippen LogP contribution in [0, 0.1) is 27.7 Å². The van der Waals surface area contributed by atoms with Crippen LogP contribution in [-0.4, -0.2) is 89.6 Å². The van der Waals surface area contributed by atoms with Gasteiger partial charge < -0.3 is 25.0 Å². The second-order valence-electron chi connectivity index (χ2n) is 15.3. The standard InChI is InChI=1S/C22H25N5O4.C20H23N5O2.C2H3ClO2/c1-13-14(2)23-19-12-17(25-27(19)20(13)28)18-10-6-7-11-26(18)21(29)15-8-4-5-9-16(15)24-22(30)31-3;1-12-13(2)22-18-11-16(23-25(18)19(12)26)17-9-5-6-10-24(17)20(27)14-7-3-4-8-15(14)21;1-5-2(3)4/h4-5,8-9,12,18,25H,6-7,10-11H2,1-3H3,(H,24,30);3-4,7-8,11,17,23H,5-6,9-10,21H2,1-2H3;1H3/t18-;17-;/m00./s1. The number of hydrogen-bond donors (Lipinski definition) is 4. The van der Waals surface area contributed by atoms with E-state index in [0.29, 0.717) is 63.7 Å². The van der Waals surface area contributed by atoms with Crippen molar-refractivity contribution < 1.29 is 28.7 Å². The summed E-state index contributed by atoms with van der Waals surface area (Å²) >= 11 is 4.60. The van der Waals surface area contributed by atoms with Crippen LogP contribution in [-0.2, 0) is 9.47 Å². The lowest BCUT2D eigenvalue weighted by atomic mass is 9.98. The third-order valence-electron chi connectivity index (χ3n) is 11.4. The number of fused-ring (bicyclic) bond motifs is 2. The van der Waals surface area contributed by atoms with Crippen LogP contribution in [0.25, 0.3) is 11.3 Å². The molecule has 6 aromatic rings. The third-order valence-corrected chi connectivity index (χ3v) is 11.5. The van der Waals surface area contributed by atoms with E-state index in [1.165, 1.54) is 23.3 Å². The summed E-state index contributed by atoms with van der Waals surface area (Å²) in [5.41, 5.74) is 12.1. The van der Waals surface area contributed by atoms with E-state index in [9.17, 15) is 28.8 Å². The van der Waals surface area contributed by atoms with Gasteiger partial charge >= 0.3 is 11.5 Å². The molecule has 2 saturated heterocycles. The summed E-state index contributed by atoms with van der Waals surface area (Å²) in [6, 6.07) is 17.3. The predicted octanol–water partition coefficient (Wildman–Crippen LogP) is 6.77. The van der Waals surface area contributed by atoms with Gasteiger partial charge in [-0.3, -0.25) is 34.7 Å². The number of para-hydroxylation sites is 2. The van der Waals surface area contributed by atoms with Crippen molar-refractivity contribution in [3.05, 3.63) is 126 Å². The molecule has 18 nitrogen and oxygen atoms in total. The molecule has 5 N–H and O–H groups in total. The number of nitrogens with zero attached hydrogens (tertiary/aromatic N) is 6. The molecule has 0 bridgehead atoms. The van der Waals surface area contributed by atoms with E-state index >= 15 is 0 Å². The van der Waals surface area contributed by atoms with E-state index in [1.54, 1.807) is 55.1 Å². The highest BCUT2D eigenvalue weighted by atomic mass is 35.5. The van der Waals surface area contributed by atoms with Gasteiger partial charge in [0.05, 0.1) is 54.5 Å². The van der Waals surface area contributed by atoms with Crippen LogP contribution in [0.4, 0.5) is 21.0 Å². The van der Waals surface area contributed by atoms with Gasteiger partial charge in [0.2, 0.25) is 0 Å². The van der Waals surface area contributed by atoms with E-state index in [1.807, 2.05) is 43.0 Å². The molecule has 8 rings (SSSR count). The van der Waals surface area contributed by atoms with Crippen LogP contribution < -0.4 is 22.2 Å². The number of nitrogens with two attached hydrogens (primary N) is 1. The smallest absolute Gasteiger partial charge is 0.411 e. The molecule has 332 valence electrons. The molecule has 6 heterocycles. The number of hydrogen-bond acceptors (Lipinski definition) is 11. The largest absolute Gasteiger partial charge is 0.457 e. The summed E-state index contributed by atoms with van der Waals surface area (Å²) in [5.74, 6) is -0.271. The summed E-state index contributed by atoms with van der Waals surface area (Å²) in [4.78, 5) is 85.5. The number of anilines is 2. The van der Waals surface area contributed by atoms with Crippen molar-refractivity contribution in [2.75, 3.05) is 38.4 Å². The number of nitrogen functional groups attached to an aromatic ring is 1. The first-order valence-electron chi connectivity index (χ1n) is 20.5. The van der Waals surface area contributed by atoms with Crippen molar-refractivity contribution in [2.45, 2.75) is 78.3 Å². The van der Waals surface area contributed by atoms with Crippen LogP contribution in [0.2, 0.25) is 0 Å². The van der Waals surface area contributed by atoms with Gasteiger partial charge in [0, 0.05) is 65.0 Å². The Morgan fingerprint density at radius 2 is 1.14 bits per heavy atom. The Balaban J connectivity index is 0.000000191. The molecule has 0 unspecified atom stereocenters. The molecule has 63 heavy (non-hydrogen) atoms. The molecule has 2 atom stereocenters. The van der Waals surface area contributed by atoms with E-state index in [0.717, 1.165) is 55.6 Å². The van der Waals surface area contributed by atoms with Crippen molar-refractivity contribution >= 4 is 57.6 Å². The number of likely N-dealkylation sites (tertiary alicyclic amines) is 2. The highest BCUT2D eigenvalue weighted by Gasteiger charge is 2.33. The van der Waals surface area contributed by atoms with Gasteiger partial charge in [-0.1, -0.05) is 24.3 Å². The normalized spacial score (nSPS) is 16.0. The Morgan fingerprint density at radius 3 is 1.60 bits per heavy atom. The molecule has 2 fully saturated rings. The number of benzene rings is 2. The molecule has 2 aromatic carbocycles. The topological polar surface area (TPSA) is 232 Å². The number of nitrogens with one attached hydrogen (secondary N) is 3. The van der Waals surface area contributed by atoms with Crippen LogP contribution in [0.5, 0.6) is 0 Å². The van der Waals surface area contributed by atoms with Crippen molar-refractivity contribution in [3.63, 3.8) is 0 Å². The summed E-state index contributed by atoms with van der Waals surface area (Å²) in [6.45, 7) is 8.40. The molecule has 0 aliphatic carbocycles. The number of ether oxygens (including phenoxy) is 2. The molecule has 0 spiro atoms. The Bertz CT molecular complexity index is 2790. The van der Waals surface area contributed by atoms with Gasteiger partial charge in [-0.05, 0) is 90.5 Å². The maximum Gasteiger partial charge on any atom is 0.411 e. The molecule has 4 aromatic heterocycles. The molecule has 2 aliphatic heterocycles. The quantitative estimate of drug-likeness (QED) is 0.104. The highest BCUT2D eigenvalue weighted by molar-refractivity contribution is 6.61. The first kappa shape index (κ1) is 45.6. The van der Waals surface area contributed by atoms with Gasteiger partial charge in [0.25, 0.3) is 22.9 Å². The van der Waals surface area contributed by atoms with E-state index in [-0.39, 0.29) is 35.0 Å². The van der Waals surface area contributed by atoms with Gasteiger partial charge in [0.15, 0.2) is 11.3 Å². The van der Waals surface area contributed by atoms with E-state index < -0.39 is 11.5 Å². The second-order valence-corrected chi connectivity index (χ2v) is 15.6. The molecule has 0 saturated carbocycles. The monoisotopic (exact) mass is 882 g/mol. The number of aryl methyl sites for hydroxylation is 2. The number of H-pyrrole nitrogens is 2. The fourth-order valence-electron chi connectivity index (χ4n) is 7.75. The zero-order valence-electron chi connectivity index (χ0n) is 36.0. The average Bonchev–Trinajstić information content (AvgIpc) is 3.92. The molecule has 3 amide bonds. The third kappa shape index (κ3) is 9.91. The Hall–Kier alpha value is -6.95.